The Bertz CT molecular complexity index is 1150. The molecular weight excluding hydrogens is 412 g/mol. The molecule has 0 saturated carbocycles. The van der Waals surface area contributed by atoms with Crippen LogP contribution in [0.2, 0.25) is 0 Å². The van der Waals surface area contributed by atoms with Crippen LogP contribution in [0.25, 0.3) is 0 Å². The van der Waals surface area contributed by atoms with Crippen LogP contribution in [0.15, 0.2) is 59.5 Å². The van der Waals surface area contributed by atoms with Crippen LogP contribution >= 0.6 is 0 Å². The van der Waals surface area contributed by atoms with Gasteiger partial charge in [-0.15, -0.1) is 0 Å². The number of nitrogens with zero attached hydrogens (tertiary/aromatic N) is 3. The number of benzene rings is 2. The molecule has 164 valence electrons. The molecule has 3 rings (SSSR count). The van der Waals surface area contributed by atoms with Crippen LogP contribution in [0.4, 0.5) is 5.69 Å². The molecule has 0 aliphatic carbocycles. The minimum absolute atomic E-state index is 0.191. The lowest BCUT2D eigenvalue weighted by atomic mass is 10.2. The molecular formula is C23H28N4O3S. The summed E-state index contributed by atoms with van der Waals surface area (Å²) in [4.78, 5) is 12.6. The van der Waals surface area contributed by atoms with Crippen molar-refractivity contribution in [1.82, 2.24) is 15.1 Å². The SMILES string of the molecule is Cc1ccc(S(=O)(=O)N(C)c2ccc(C(=O)NCCCn3nc(C)cc3C)cc2)cc1. The van der Waals surface area contributed by atoms with E-state index in [0.717, 1.165) is 29.9 Å². The second kappa shape index (κ2) is 9.34. The van der Waals surface area contributed by atoms with Crippen LogP contribution in [0.5, 0.6) is 0 Å². The van der Waals surface area contributed by atoms with E-state index in [9.17, 15) is 13.2 Å². The Morgan fingerprint density at radius 1 is 1.03 bits per heavy atom. The molecule has 0 aliphatic heterocycles. The monoisotopic (exact) mass is 440 g/mol. The van der Waals surface area contributed by atoms with Gasteiger partial charge < -0.3 is 5.32 Å². The summed E-state index contributed by atoms with van der Waals surface area (Å²) in [6.45, 7) is 7.14. The van der Waals surface area contributed by atoms with E-state index >= 15 is 0 Å². The quantitative estimate of drug-likeness (QED) is 0.544. The molecule has 0 fully saturated rings. The lowest BCUT2D eigenvalue weighted by Crippen LogP contribution is -2.27. The number of nitrogens with one attached hydrogen (secondary N) is 1. The van der Waals surface area contributed by atoms with Crippen molar-refractivity contribution in [2.24, 2.45) is 0 Å². The summed E-state index contributed by atoms with van der Waals surface area (Å²) < 4.78 is 28.8. The first kappa shape index (κ1) is 22.6. The van der Waals surface area contributed by atoms with Gasteiger partial charge in [-0.3, -0.25) is 13.8 Å². The number of carbonyl (C=O) groups excluding carboxylic acids is 1. The van der Waals surface area contributed by atoms with Crippen molar-refractivity contribution >= 4 is 21.6 Å². The molecule has 8 heteroatoms. The van der Waals surface area contributed by atoms with Crippen molar-refractivity contribution in [2.45, 2.75) is 38.6 Å². The highest BCUT2D eigenvalue weighted by Gasteiger charge is 2.21. The third kappa shape index (κ3) is 5.32. The van der Waals surface area contributed by atoms with E-state index in [0.29, 0.717) is 17.8 Å². The van der Waals surface area contributed by atoms with E-state index < -0.39 is 10.0 Å². The predicted octanol–water partition coefficient (Wildman–Crippen LogP) is 3.45. The average molecular weight is 441 g/mol. The van der Waals surface area contributed by atoms with Crippen LogP contribution in [-0.4, -0.2) is 37.7 Å². The number of anilines is 1. The number of aryl methyl sites for hydroxylation is 4. The Kier molecular flexibility index (Phi) is 6.80. The van der Waals surface area contributed by atoms with Crippen molar-refractivity contribution in [3.05, 3.63) is 77.1 Å². The first-order chi connectivity index (χ1) is 14.7. The van der Waals surface area contributed by atoms with E-state index in [2.05, 4.69) is 10.4 Å². The minimum Gasteiger partial charge on any atom is -0.352 e. The second-order valence-corrected chi connectivity index (χ2v) is 9.56. The van der Waals surface area contributed by atoms with Crippen LogP contribution in [-0.2, 0) is 16.6 Å². The van der Waals surface area contributed by atoms with Crippen molar-refractivity contribution in [1.29, 1.82) is 0 Å². The van der Waals surface area contributed by atoms with Crippen molar-refractivity contribution in [2.75, 3.05) is 17.9 Å². The highest BCUT2D eigenvalue weighted by atomic mass is 32.2. The zero-order valence-corrected chi connectivity index (χ0v) is 19.1. The second-order valence-electron chi connectivity index (χ2n) is 7.59. The van der Waals surface area contributed by atoms with Gasteiger partial charge >= 0.3 is 0 Å². The van der Waals surface area contributed by atoms with E-state index in [1.54, 1.807) is 48.5 Å². The third-order valence-electron chi connectivity index (χ3n) is 5.11. The van der Waals surface area contributed by atoms with Gasteiger partial charge in [0.1, 0.15) is 0 Å². The van der Waals surface area contributed by atoms with Crippen LogP contribution in [0, 0.1) is 20.8 Å². The van der Waals surface area contributed by atoms with Crippen LogP contribution < -0.4 is 9.62 Å². The molecule has 0 unspecified atom stereocenters. The van der Waals surface area contributed by atoms with E-state index in [1.807, 2.05) is 31.5 Å². The van der Waals surface area contributed by atoms with Gasteiger partial charge in [0, 0.05) is 31.4 Å². The molecule has 3 aromatic rings. The number of hydrogen-bond acceptors (Lipinski definition) is 4. The maximum absolute atomic E-state index is 12.8. The molecule has 0 radical (unpaired) electrons. The molecule has 1 heterocycles. The third-order valence-corrected chi connectivity index (χ3v) is 6.91. The molecule has 0 aliphatic rings. The van der Waals surface area contributed by atoms with Gasteiger partial charge in [0.2, 0.25) is 0 Å². The highest BCUT2D eigenvalue weighted by Crippen LogP contribution is 2.22. The normalized spacial score (nSPS) is 11.4. The first-order valence-electron chi connectivity index (χ1n) is 10.1. The summed E-state index contributed by atoms with van der Waals surface area (Å²) in [7, 11) is -2.16. The molecule has 2 aromatic carbocycles. The number of sulfonamides is 1. The molecule has 31 heavy (non-hydrogen) atoms. The molecule has 7 nitrogen and oxygen atoms in total. The zero-order valence-electron chi connectivity index (χ0n) is 18.3. The largest absolute Gasteiger partial charge is 0.352 e. The molecule has 0 atom stereocenters. The smallest absolute Gasteiger partial charge is 0.264 e. The highest BCUT2D eigenvalue weighted by molar-refractivity contribution is 7.92. The topological polar surface area (TPSA) is 84.3 Å². The molecule has 1 aromatic heterocycles. The van der Waals surface area contributed by atoms with E-state index in [4.69, 9.17) is 0 Å². The molecule has 1 N–H and O–H groups in total. The van der Waals surface area contributed by atoms with Gasteiger partial charge in [0.05, 0.1) is 16.3 Å². The Labute approximate surface area is 183 Å². The summed E-state index contributed by atoms with van der Waals surface area (Å²) in [5, 5.41) is 7.30. The maximum Gasteiger partial charge on any atom is 0.264 e. The Morgan fingerprint density at radius 3 is 2.26 bits per heavy atom. The number of aromatic nitrogens is 2. The van der Waals surface area contributed by atoms with Crippen LogP contribution in [0.1, 0.15) is 33.7 Å². The molecule has 0 bridgehead atoms. The summed E-state index contributed by atoms with van der Waals surface area (Å²) in [6.07, 6.45) is 0.767. The Morgan fingerprint density at radius 2 is 1.68 bits per heavy atom. The fraction of sp³-hybridized carbons (Fsp3) is 0.304. The molecule has 1 amide bonds. The number of hydrogen-bond donors (Lipinski definition) is 1. The average Bonchev–Trinajstić information content (AvgIpc) is 3.07. The predicted molar refractivity (Wildman–Crippen MR) is 122 cm³/mol. The van der Waals surface area contributed by atoms with E-state index in [-0.39, 0.29) is 10.8 Å². The summed E-state index contributed by atoms with van der Waals surface area (Å²) in [5.41, 5.74) is 4.05. The lowest BCUT2D eigenvalue weighted by Gasteiger charge is -2.20. The van der Waals surface area contributed by atoms with Gasteiger partial charge in [-0.1, -0.05) is 17.7 Å². The van der Waals surface area contributed by atoms with Gasteiger partial charge in [-0.2, -0.15) is 5.10 Å². The zero-order chi connectivity index (χ0) is 22.6. The number of rotatable bonds is 8. The summed E-state index contributed by atoms with van der Waals surface area (Å²) in [5.74, 6) is -0.191. The van der Waals surface area contributed by atoms with Crippen LogP contribution in [0.3, 0.4) is 0 Å². The fourth-order valence-corrected chi connectivity index (χ4v) is 4.46. The van der Waals surface area contributed by atoms with Gasteiger partial charge in [0.15, 0.2) is 0 Å². The summed E-state index contributed by atoms with van der Waals surface area (Å²) in [6, 6.07) is 15.3. The fourth-order valence-electron chi connectivity index (χ4n) is 3.26. The molecule has 0 saturated heterocycles. The number of amides is 1. The van der Waals surface area contributed by atoms with Gasteiger partial charge in [-0.05, 0) is 69.7 Å². The van der Waals surface area contributed by atoms with Gasteiger partial charge in [-0.25, -0.2) is 8.42 Å². The maximum atomic E-state index is 12.8. The van der Waals surface area contributed by atoms with Gasteiger partial charge in [0.25, 0.3) is 15.9 Å². The first-order valence-corrected chi connectivity index (χ1v) is 11.6. The van der Waals surface area contributed by atoms with E-state index in [1.165, 1.54) is 11.4 Å². The van der Waals surface area contributed by atoms with Crippen molar-refractivity contribution in [3.63, 3.8) is 0 Å². The van der Waals surface area contributed by atoms with Crippen molar-refractivity contribution < 1.29 is 13.2 Å². The summed E-state index contributed by atoms with van der Waals surface area (Å²) >= 11 is 0. The Hall–Kier alpha value is -3.13. The van der Waals surface area contributed by atoms with Crippen molar-refractivity contribution in [3.8, 4) is 0 Å². The Balaban J connectivity index is 1.58. The standard InChI is InChI=1S/C23H28N4O3S/c1-17-6-12-22(13-7-17)31(29,30)26(4)21-10-8-20(9-11-21)23(28)24-14-5-15-27-19(3)16-18(2)25-27/h6-13,16H,5,14-15H2,1-4H3,(H,24,28). The lowest BCUT2D eigenvalue weighted by molar-refractivity contribution is 0.0952. The minimum atomic E-state index is -3.66. The number of carbonyl (C=O) groups is 1. The molecule has 0 spiro atoms.